The highest BCUT2D eigenvalue weighted by molar-refractivity contribution is 5.77. The summed E-state index contributed by atoms with van der Waals surface area (Å²) in [6.45, 7) is 6.78. The van der Waals surface area contributed by atoms with Crippen molar-refractivity contribution in [3.05, 3.63) is 23.9 Å². The van der Waals surface area contributed by atoms with Crippen molar-refractivity contribution >= 4 is 11.7 Å². The van der Waals surface area contributed by atoms with Crippen molar-refractivity contribution in [1.29, 1.82) is 0 Å². The van der Waals surface area contributed by atoms with Crippen molar-refractivity contribution in [3.8, 4) is 0 Å². The van der Waals surface area contributed by atoms with Gasteiger partial charge in [-0.3, -0.25) is 9.69 Å². The zero-order valence-electron chi connectivity index (χ0n) is 12.1. The van der Waals surface area contributed by atoms with E-state index in [1.807, 2.05) is 37.2 Å². The lowest BCUT2D eigenvalue weighted by Gasteiger charge is -2.16. The molecule has 0 aliphatic rings. The fourth-order valence-corrected chi connectivity index (χ4v) is 1.74. The fourth-order valence-electron chi connectivity index (χ4n) is 1.74. The second kappa shape index (κ2) is 8.48. The Labute approximate surface area is 115 Å². The van der Waals surface area contributed by atoms with E-state index in [1.165, 1.54) is 0 Å². The summed E-state index contributed by atoms with van der Waals surface area (Å²) in [7, 11) is 1.93. The number of carbonyl (C=O) groups is 1. The molecule has 1 aromatic rings. The fraction of sp³-hybridized carbons (Fsp3) is 0.571. The van der Waals surface area contributed by atoms with Crippen LogP contribution in [0.5, 0.6) is 0 Å². The van der Waals surface area contributed by atoms with Crippen LogP contribution in [-0.4, -0.2) is 42.5 Å². The van der Waals surface area contributed by atoms with E-state index in [2.05, 4.69) is 22.5 Å². The Morgan fingerprint density at radius 3 is 2.74 bits per heavy atom. The lowest BCUT2D eigenvalue weighted by molar-refractivity contribution is -0.121. The lowest BCUT2D eigenvalue weighted by Crippen LogP contribution is -2.34. The predicted octanol–water partition coefficient (Wildman–Crippen LogP) is 1.47. The number of likely N-dealkylation sites (N-methyl/N-ethyl adjacent to an activating group) is 2. The smallest absolute Gasteiger partial charge is 0.234 e. The third-order valence-corrected chi connectivity index (χ3v) is 2.62. The molecule has 106 valence electrons. The number of pyridine rings is 1. The van der Waals surface area contributed by atoms with Crippen molar-refractivity contribution in [1.82, 2.24) is 15.2 Å². The van der Waals surface area contributed by atoms with Crippen LogP contribution >= 0.6 is 0 Å². The molecule has 0 bridgehead atoms. The average molecular weight is 264 g/mol. The molecule has 0 aliphatic heterocycles. The number of nitrogens with zero attached hydrogens (tertiary/aromatic N) is 2. The summed E-state index contributed by atoms with van der Waals surface area (Å²) in [5, 5.41) is 6.02. The van der Waals surface area contributed by atoms with Gasteiger partial charge in [0.05, 0.1) is 6.54 Å². The van der Waals surface area contributed by atoms with Crippen LogP contribution in [0.3, 0.4) is 0 Å². The van der Waals surface area contributed by atoms with Crippen LogP contribution in [0.4, 0.5) is 5.82 Å². The topological polar surface area (TPSA) is 57.3 Å². The van der Waals surface area contributed by atoms with Crippen molar-refractivity contribution in [3.63, 3.8) is 0 Å². The number of aromatic nitrogens is 1. The van der Waals surface area contributed by atoms with Gasteiger partial charge >= 0.3 is 0 Å². The zero-order chi connectivity index (χ0) is 14.1. The largest absolute Gasteiger partial charge is 0.370 e. The molecule has 19 heavy (non-hydrogen) atoms. The number of carbonyl (C=O) groups excluding carboxylic acids is 1. The number of hydrogen-bond donors (Lipinski definition) is 2. The number of amides is 1. The maximum atomic E-state index is 11.4. The summed E-state index contributed by atoms with van der Waals surface area (Å²) in [6, 6.07) is 4.02. The van der Waals surface area contributed by atoms with Gasteiger partial charge in [-0.1, -0.05) is 13.0 Å². The van der Waals surface area contributed by atoms with Gasteiger partial charge in [-0.2, -0.15) is 0 Å². The van der Waals surface area contributed by atoms with Crippen LogP contribution in [0.1, 0.15) is 25.8 Å². The van der Waals surface area contributed by atoms with Gasteiger partial charge in [0.15, 0.2) is 0 Å². The van der Waals surface area contributed by atoms with Gasteiger partial charge in [0.2, 0.25) is 5.91 Å². The maximum absolute atomic E-state index is 11.4. The average Bonchev–Trinajstić information content (AvgIpc) is 2.38. The van der Waals surface area contributed by atoms with E-state index in [0.717, 1.165) is 30.9 Å². The van der Waals surface area contributed by atoms with Crippen LogP contribution in [0.25, 0.3) is 0 Å². The van der Waals surface area contributed by atoms with Gasteiger partial charge in [0.25, 0.3) is 0 Å². The Balaban J connectivity index is 2.41. The Hall–Kier alpha value is -1.62. The van der Waals surface area contributed by atoms with E-state index in [1.54, 1.807) is 0 Å². The van der Waals surface area contributed by atoms with E-state index in [9.17, 15) is 4.79 Å². The highest BCUT2D eigenvalue weighted by Gasteiger charge is 2.06. The standard InChI is InChI=1S/C14H24N4O/c1-4-8-16-13-7-6-12(9-17-13)10-18(3)11-14(19)15-5-2/h6-7,9H,4-5,8,10-11H2,1-3H3,(H,15,19)(H,16,17). The second-order valence-corrected chi connectivity index (χ2v) is 4.60. The quantitative estimate of drug-likeness (QED) is 0.746. The second-order valence-electron chi connectivity index (χ2n) is 4.60. The first-order chi connectivity index (χ1) is 9.15. The summed E-state index contributed by atoms with van der Waals surface area (Å²) in [6.07, 6.45) is 2.94. The van der Waals surface area contributed by atoms with E-state index in [4.69, 9.17) is 0 Å². The minimum atomic E-state index is 0.0548. The normalized spacial score (nSPS) is 10.5. The van der Waals surface area contributed by atoms with Crippen LogP contribution in [-0.2, 0) is 11.3 Å². The van der Waals surface area contributed by atoms with Crippen molar-refractivity contribution in [2.24, 2.45) is 0 Å². The van der Waals surface area contributed by atoms with Gasteiger partial charge in [0.1, 0.15) is 5.82 Å². The molecule has 5 nitrogen and oxygen atoms in total. The number of anilines is 1. The summed E-state index contributed by atoms with van der Waals surface area (Å²) in [4.78, 5) is 17.8. The van der Waals surface area contributed by atoms with Crippen LogP contribution < -0.4 is 10.6 Å². The Morgan fingerprint density at radius 1 is 1.37 bits per heavy atom. The number of rotatable bonds is 8. The summed E-state index contributed by atoms with van der Waals surface area (Å²) in [5.41, 5.74) is 1.11. The van der Waals surface area contributed by atoms with Gasteiger partial charge < -0.3 is 10.6 Å². The Kier molecular flexibility index (Phi) is 6.89. The van der Waals surface area contributed by atoms with E-state index in [0.29, 0.717) is 13.1 Å². The summed E-state index contributed by atoms with van der Waals surface area (Å²) >= 11 is 0. The minimum absolute atomic E-state index is 0.0548. The highest BCUT2D eigenvalue weighted by Crippen LogP contribution is 2.07. The van der Waals surface area contributed by atoms with Crippen molar-refractivity contribution in [2.75, 3.05) is 32.0 Å². The first kappa shape index (κ1) is 15.4. The molecule has 0 aliphatic carbocycles. The third-order valence-electron chi connectivity index (χ3n) is 2.62. The molecule has 2 N–H and O–H groups in total. The predicted molar refractivity (Wildman–Crippen MR) is 78.0 cm³/mol. The molecule has 0 radical (unpaired) electrons. The van der Waals surface area contributed by atoms with Crippen molar-refractivity contribution < 1.29 is 4.79 Å². The third kappa shape index (κ3) is 6.20. The van der Waals surface area contributed by atoms with Crippen molar-refractivity contribution in [2.45, 2.75) is 26.8 Å². The lowest BCUT2D eigenvalue weighted by atomic mass is 10.2. The number of nitrogens with one attached hydrogen (secondary N) is 2. The summed E-state index contributed by atoms with van der Waals surface area (Å²) < 4.78 is 0. The van der Waals surface area contributed by atoms with E-state index >= 15 is 0 Å². The number of hydrogen-bond acceptors (Lipinski definition) is 4. The molecule has 0 aromatic carbocycles. The molecule has 1 aromatic heterocycles. The Morgan fingerprint density at radius 2 is 2.16 bits per heavy atom. The molecule has 0 atom stereocenters. The van der Waals surface area contributed by atoms with Gasteiger partial charge in [0, 0.05) is 25.8 Å². The van der Waals surface area contributed by atoms with Crippen LogP contribution in [0.15, 0.2) is 18.3 Å². The van der Waals surface area contributed by atoms with E-state index < -0.39 is 0 Å². The minimum Gasteiger partial charge on any atom is -0.370 e. The van der Waals surface area contributed by atoms with Crippen LogP contribution in [0.2, 0.25) is 0 Å². The first-order valence-corrected chi connectivity index (χ1v) is 6.79. The van der Waals surface area contributed by atoms with Gasteiger partial charge in [-0.25, -0.2) is 4.98 Å². The molecule has 1 rings (SSSR count). The monoisotopic (exact) mass is 264 g/mol. The van der Waals surface area contributed by atoms with Gasteiger partial charge in [-0.15, -0.1) is 0 Å². The molecule has 0 spiro atoms. The Bertz CT molecular complexity index is 378. The molecule has 5 heteroatoms. The highest BCUT2D eigenvalue weighted by atomic mass is 16.1. The molecular weight excluding hydrogens is 240 g/mol. The van der Waals surface area contributed by atoms with E-state index in [-0.39, 0.29) is 5.91 Å². The summed E-state index contributed by atoms with van der Waals surface area (Å²) in [5.74, 6) is 0.955. The molecule has 1 heterocycles. The zero-order valence-corrected chi connectivity index (χ0v) is 12.1. The first-order valence-electron chi connectivity index (χ1n) is 6.79. The molecule has 0 saturated carbocycles. The van der Waals surface area contributed by atoms with Gasteiger partial charge in [-0.05, 0) is 32.0 Å². The molecule has 0 fully saturated rings. The molecule has 0 saturated heterocycles. The molecular formula is C14H24N4O. The maximum Gasteiger partial charge on any atom is 0.234 e. The molecule has 1 amide bonds. The molecule has 0 unspecified atom stereocenters. The van der Waals surface area contributed by atoms with Crippen LogP contribution in [0, 0.1) is 0 Å². The SMILES string of the molecule is CCCNc1ccc(CN(C)CC(=O)NCC)cn1.